The van der Waals surface area contributed by atoms with E-state index < -0.39 is 0 Å². The van der Waals surface area contributed by atoms with Crippen LogP contribution in [0.15, 0.2) is 0 Å². The summed E-state index contributed by atoms with van der Waals surface area (Å²) in [6.45, 7) is 6.31. The van der Waals surface area contributed by atoms with Gasteiger partial charge in [-0.1, -0.05) is 33.6 Å². The first-order valence-corrected chi connectivity index (χ1v) is 7.18. The van der Waals surface area contributed by atoms with Crippen LogP contribution in [0.4, 0.5) is 0 Å². The first-order valence-electron chi connectivity index (χ1n) is 5.89. The largest absolute Gasteiger partial charge is 0.162 e. The van der Waals surface area contributed by atoms with Gasteiger partial charge in [-0.3, -0.25) is 0 Å². The van der Waals surface area contributed by atoms with E-state index in [0.717, 1.165) is 11.2 Å². The van der Waals surface area contributed by atoms with E-state index in [1.165, 1.54) is 38.5 Å². The quantitative estimate of drug-likeness (QED) is 0.637. The highest BCUT2D eigenvalue weighted by atomic mass is 32.2. The van der Waals surface area contributed by atoms with Crippen LogP contribution < -0.4 is 0 Å². The summed E-state index contributed by atoms with van der Waals surface area (Å²) in [5.74, 6) is 1.07. The van der Waals surface area contributed by atoms with Crippen LogP contribution in [0.3, 0.4) is 0 Å². The highest BCUT2D eigenvalue weighted by Crippen LogP contribution is 2.32. The molecule has 0 atom stereocenters. The molecule has 0 aromatic rings. The Labute approximate surface area is 88.9 Å². The molecule has 0 aromatic carbocycles. The number of hydrogen-bond acceptors (Lipinski definition) is 1. The van der Waals surface area contributed by atoms with Gasteiger partial charge in [0.1, 0.15) is 0 Å². The fourth-order valence-corrected chi connectivity index (χ4v) is 2.81. The van der Waals surface area contributed by atoms with Crippen molar-refractivity contribution in [1.29, 1.82) is 0 Å². The molecule has 0 bridgehead atoms. The van der Waals surface area contributed by atoms with E-state index in [0.29, 0.717) is 0 Å². The molecule has 0 aliphatic heterocycles. The smallest absolute Gasteiger partial charge is 0.00444 e. The Morgan fingerprint density at radius 2 is 1.62 bits per heavy atom. The third-order valence-electron chi connectivity index (χ3n) is 2.82. The molecule has 0 nitrogen and oxygen atoms in total. The van der Waals surface area contributed by atoms with Gasteiger partial charge in [-0.2, -0.15) is 11.8 Å². The van der Waals surface area contributed by atoms with Crippen LogP contribution in [0.2, 0.25) is 0 Å². The van der Waals surface area contributed by atoms with E-state index in [2.05, 4.69) is 24.9 Å². The zero-order chi connectivity index (χ0) is 10.1. The van der Waals surface area contributed by atoms with Gasteiger partial charge in [0.05, 0.1) is 0 Å². The third-order valence-corrected chi connectivity index (χ3v) is 3.96. The summed E-state index contributed by atoms with van der Waals surface area (Å²) >= 11 is 2.07. The molecule has 1 saturated carbocycles. The van der Waals surface area contributed by atoms with Gasteiger partial charge in [-0.25, -0.2) is 0 Å². The van der Waals surface area contributed by atoms with Gasteiger partial charge in [-0.05, 0) is 37.9 Å². The van der Waals surface area contributed by atoms with E-state index in [-0.39, 0.29) is 0 Å². The Kier molecular flexibility index (Phi) is 9.17. The normalized spacial score (nSPS) is 27.7. The monoisotopic (exact) mass is 202 g/mol. The van der Waals surface area contributed by atoms with Crippen molar-refractivity contribution in [3.8, 4) is 0 Å². The standard InChI is InChI=1S/C10H20S.C2H6/c1-3-4-9-5-7-10(11-2)8-6-9;1-2/h9-10H,3-8H2,1-2H3;1-2H3. The molecule has 0 saturated heterocycles. The van der Waals surface area contributed by atoms with Crippen molar-refractivity contribution < 1.29 is 0 Å². The maximum Gasteiger partial charge on any atom is 0.00444 e. The number of thioether (sulfide) groups is 1. The minimum absolute atomic E-state index is 0.989. The van der Waals surface area contributed by atoms with Crippen LogP contribution in [0.1, 0.15) is 59.3 Å². The highest BCUT2D eigenvalue weighted by molar-refractivity contribution is 7.99. The SMILES string of the molecule is CC.CCCC1CCC(SC)CC1. The first kappa shape index (κ1) is 13.4. The molecule has 80 valence electrons. The van der Waals surface area contributed by atoms with Gasteiger partial charge >= 0.3 is 0 Å². The van der Waals surface area contributed by atoms with Crippen LogP contribution >= 0.6 is 11.8 Å². The molecule has 1 heteroatoms. The second-order valence-corrected chi connectivity index (χ2v) is 4.81. The summed E-state index contributed by atoms with van der Waals surface area (Å²) in [6.07, 6.45) is 11.1. The Morgan fingerprint density at radius 1 is 1.08 bits per heavy atom. The Bertz CT molecular complexity index is 93.3. The average molecular weight is 202 g/mol. The van der Waals surface area contributed by atoms with Gasteiger partial charge in [-0.15, -0.1) is 0 Å². The zero-order valence-electron chi connectivity index (χ0n) is 9.81. The van der Waals surface area contributed by atoms with Crippen molar-refractivity contribution in [1.82, 2.24) is 0 Å². The minimum Gasteiger partial charge on any atom is -0.162 e. The summed E-state index contributed by atoms with van der Waals surface area (Å²) in [7, 11) is 0. The maximum absolute atomic E-state index is 2.31. The van der Waals surface area contributed by atoms with Gasteiger partial charge in [0, 0.05) is 5.25 Å². The lowest BCUT2D eigenvalue weighted by Crippen LogP contribution is -2.15. The van der Waals surface area contributed by atoms with Crippen LogP contribution in [0.5, 0.6) is 0 Å². The molecule has 0 unspecified atom stereocenters. The summed E-state index contributed by atoms with van der Waals surface area (Å²) < 4.78 is 0. The summed E-state index contributed by atoms with van der Waals surface area (Å²) in [6, 6.07) is 0. The molecule has 13 heavy (non-hydrogen) atoms. The van der Waals surface area contributed by atoms with Crippen molar-refractivity contribution in [2.24, 2.45) is 5.92 Å². The van der Waals surface area contributed by atoms with Crippen LogP contribution in [0, 0.1) is 5.92 Å². The molecule has 0 amide bonds. The molecular weight excluding hydrogens is 176 g/mol. The first-order chi connectivity index (χ1) is 6.36. The molecular formula is C12H26S. The molecule has 1 rings (SSSR count). The van der Waals surface area contributed by atoms with Gasteiger partial charge in [0.25, 0.3) is 0 Å². The highest BCUT2D eigenvalue weighted by Gasteiger charge is 2.19. The molecule has 1 aliphatic rings. The third kappa shape index (κ3) is 5.61. The predicted octanol–water partition coefficient (Wildman–Crippen LogP) is 4.73. The molecule has 0 spiro atoms. The Morgan fingerprint density at radius 3 is 2.00 bits per heavy atom. The Hall–Kier alpha value is 0.350. The number of hydrogen-bond donors (Lipinski definition) is 0. The van der Waals surface area contributed by atoms with Crippen molar-refractivity contribution in [2.75, 3.05) is 6.26 Å². The predicted molar refractivity (Wildman–Crippen MR) is 65.5 cm³/mol. The lowest BCUT2D eigenvalue weighted by molar-refractivity contribution is 0.343. The topological polar surface area (TPSA) is 0 Å². The Balaban J connectivity index is 0.000000671. The fraction of sp³-hybridized carbons (Fsp3) is 1.00. The zero-order valence-corrected chi connectivity index (χ0v) is 10.6. The summed E-state index contributed by atoms with van der Waals surface area (Å²) in [4.78, 5) is 0. The van der Waals surface area contributed by atoms with Gasteiger partial charge < -0.3 is 0 Å². The molecule has 0 radical (unpaired) electrons. The van der Waals surface area contributed by atoms with Crippen molar-refractivity contribution in [3.63, 3.8) is 0 Å². The van der Waals surface area contributed by atoms with E-state index in [1.807, 2.05) is 13.8 Å². The second kappa shape index (κ2) is 8.93. The molecule has 0 heterocycles. The van der Waals surface area contributed by atoms with E-state index in [1.54, 1.807) is 0 Å². The summed E-state index contributed by atoms with van der Waals surface area (Å²) in [5.41, 5.74) is 0. The fourth-order valence-electron chi connectivity index (χ4n) is 2.06. The van der Waals surface area contributed by atoms with Crippen LogP contribution in [-0.4, -0.2) is 11.5 Å². The van der Waals surface area contributed by atoms with Crippen molar-refractivity contribution >= 4 is 11.8 Å². The van der Waals surface area contributed by atoms with E-state index in [4.69, 9.17) is 0 Å². The summed E-state index contributed by atoms with van der Waals surface area (Å²) in [5, 5.41) is 0.989. The second-order valence-electron chi connectivity index (χ2n) is 3.67. The molecule has 1 aliphatic carbocycles. The number of rotatable bonds is 3. The maximum atomic E-state index is 2.31. The van der Waals surface area contributed by atoms with Crippen LogP contribution in [0.25, 0.3) is 0 Å². The van der Waals surface area contributed by atoms with Crippen molar-refractivity contribution in [2.45, 2.75) is 64.5 Å². The minimum atomic E-state index is 0.989. The molecule has 1 fully saturated rings. The van der Waals surface area contributed by atoms with E-state index in [9.17, 15) is 0 Å². The van der Waals surface area contributed by atoms with Crippen LogP contribution in [-0.2, 0) is 0 Å². The average Bonchev–Trinajstić information content (AvgIpc) is 2.23. The van der Waals surface area contributed by atoms with Gasteiger partial charge in [0.15, 0.2) is 0 Å². The van der Waals surface area contributed by atoms with E-state index >= 15 is 0 Å². The molecule has 0 aromatic heterocycles. The lowest BCUT2D eigenvalue weighted by Gasteiger charge is -2.26. The molecule has 0 N–H and O–H groups in total. The van der Waals surface area contributed by atoms with Crippen molar-refractivity contribution in [3.05, 3.63) is 0 Å². The lowest BCUT2D eigenvalue weighted by atomic mass is 9.86. The van der Waals surface area contributed by atoms with Gasteiger partial charge in [0.2, 0.25) is 0 Å².